The van der Waals surface area contributed by atoms with Gasteiger partial charge < -0.3 is 14.6 Å². The van der Waals surface area contributed by atoms with E-state index in [4.69, 9.17) is 14.6 Å². The van der Waals surface area contributed by atoms with Gasteiger partial charge in [0.1, 0.15) is 6.61 Å². The molecule has 0 saturated heterocycles. The van der Waals surface area contributed by atoms with E-state index in [1.165, 1.54) is 4.88 Å². The SMILES string of the molecule is O=C(O)COCCOCCc1cccs1. The molecule has 0 aliphatic carbocycles. The number of hydrogen-bond acceptors (Lipinski definition) is 4. The van der Waals surface area contributed by atoms with E-state index in [9.17, 15) is 4.79 Å². The first kappa shape index (κ1) is 12.2. The van der Waals surface area contributed by atoms with Crippen molar-refractivity contribution in [2.75, 3.05) is 26.4 Å². The first-order chi connectivity index (χ1) is 7.29. The lowest BCUT2D eigenvalue weighted by Gasteiger charge is -2.03. The molecule has 0 amide bonds. The normalized spacial score (nSPS) is 10.4. The average Bonchev–Trinajstić information content (AvgIpc) is 2.68. The van der Waals surface area contributed by atoms with Crippen molar-refractivity contribution in [3.8, 4) is 0 Å². The first-order valence-electron chi connectivity index (χ1n) is 4.68. The Labute approximate surface area is 92.4 Å². The van der Waals surface area contributed by atoms with Gasteiger partial charge in [-0.3, -0.25) is 0 Å². The highest BCUT2D eigenvalue weighted by Crippen LogP contribution is 2.08. The summed E-state index contributed by atoms with van der Waals surface area (Å²) in [7, 11) is 0. The highest BCUT2D eigenvalue weighted by molar-refractivity contribution is 7.09. The van der Waals surface area contributed by atoms with Gasteiger partial charge in [-0.15, -0.1) is 11.3 Å². The molecule has 0 spiro atoms. The van der Waals surface area contributed by atoms with Crippen molar-refractivity contribution in [2.24, 2.45) is 0 Å². The lowest BCUT2D eigenvalue weighted by Crippen LogP contribution is -2.12. The summed E-state index contributed by atoms with van der Waals surface area (Å²) < 4.78 is 10.1. The van der Waals surface area contributed by atoms with Gasteiger partial charge in [0.05, 0.1) is 19.8 Å². The summed E-state index contributed by atoms with van der Waals surface area (Å²) in [6, 6.07) is 4.07. The zero-order chi connectivity index (χ0) is 10.9. The molecule has 0 aliphatic rings. The highest BCUT2D eigenvalue weighted by Gasteiger charge is 1.96. The van der Waals surface area contributed by atoms with Gasteiger partial charge in [0, 0.05) is 11.3 Å². The largest absolute Gasteiger partial charge is 0.480 e. The van der Waals surface area contributed by atoms with Crippen molar-refractivity contribution in [2.45, 2.75) is 6.42 Å². The van der Waals surface area contributed by atoms with Gasteiger partial charge in [-0.1, -0.05) is 6.07 Å². The number of thiophene rings is 1. The predicted octanol–water partition coefficient (Wildman–Crippen LogP) is 1.41. The van der Waals surface area contributed by atoms with Crippen LogP contribution in [-0.4, -0.2) is 37.5 Å². The van der Waals surface area contributed by atoms with Crippen LogP contribution in [0.15, 0.2) is 17.5 Å². The fourth-order valence-corrected chi connectivity index (χ4v) is 1.70. The zero-order valence-corrected chi connectivity index (χ0v) is 9.16. The Morgan fingerprint density at radius 3 is 2.80 bits per heavy atom. The van der Waals surface area contributed by atoms with Gasteiger partial charge in [-0.05, 0) is 11.4 Å². The Hall–Kier alpha value is -0.910. The van der Waals surface area contributed by atoms with Crippen LogP contribution in [0.5, 0.6) is 0 Å². The zero-order valence-electron chi connectivity index (χ0n) is 8.35. The van der Waals surface area contributed by atoms with E-state index >= 15 is 0 Å². The predicted molar refractivity (Wildman–Crippen MR) is 57.3 cm³/mol. The average molecular weight is 230 g/mol. The van der Waals surface area contributed by atoms with E-state index in [2.05, 4.69) is 6.07 Å². The Morgan fingerprint density at radius 2 is 2.13 bits per heavy atom. The second-order valence-electron chi connectivity index (χ2n) is 2.89. The molecule has 15 heavy (non-hydrogen) atoms. The Morgan fingerprint density at radius 1 is 1.33 bits per heavy atom. The van der Waals surface area contributed by atoms with Crippen LogP contribution in [-0.2, 0) is 20.7 Å². The van der Waals surface area contributed by atoms with Crippen molar-refractivity contribution >= 4 is 17.3 Å². The third-order valence-corrected chi connectivity index (χ3v) is 2.61. The van der Waals surface area contributed by atoms with Crippen molar-refractivity contribution < 1.29 is 19.4 Å². The Bertz CT molecular complexity index is 271. The van der Waals surface area contributed by atoms with Gasteiger partial charge >= 0.3 is 5.97 Å². The van der Waals surface area contributed by atoms with E-state index in [-0.39, 0.29) is 6.61 Å². The van der Waals surface area contributed by atoms with E-state index < -0.39 is 5.97 Å². The maximum Gasteiger partial charge on any atom is 0.329 e. The smallest absolute Gasteiger partial charge is 0.329 e. The molecule has 0 fully saturated rings. The molecular formula is C10H14O4S. The molecule has 84 valence electrons. The second-order valence-corrected chi connectivity index (χ2v) is 3.92. The van der Waals surface area contributed by atoms with Crippen molar-refractivity contribution in [1.29, 1.82) is 0 Å². The maximum atomic E-state index is 10.1. The molecule has 0 aliphatic heterocycles. The van der Waals surface area contributed by atoms with Gasteiger partial charge in [0.2, 0.25) is 0 Å². The van der Waals surface area contributed by atoms with Crippen molar-refractivity contribution in [3.63, 3.8) is 0 Å². The topological polar surface area (TPSA) is 55.8 Å². The number of carboxylic acids is 1. The lowest BCUT2D eigenvalue weighted by atomic mass is 10.4. The van der Waals surface area contributed by atoms with Gasteiger partial charge in [-0.25, -0.2) is 4.79 Å². The summed E-state index contributed by atoms with van der Waals surface area (Å²) in [5, 5.41) is 10.3. The minimum Gasteiger partial charge on any atom is -0.480 e. The van der Waals surface area contributed by atoms with Crippen LogP contribution < -0.4 is 0 Å². The van der Waals surface area contributed by atoms with E-state index in [0.717, 1.165) is 6.42 Å². The first-order valence-corrected chi connectivity index (χ1v) is 5.56. The number of hydrogen-bond donors (Lipinski definition) is 1. The number of rotatable bonds is 8. The third-order valence-electron chi connectivity index (χ3n) is 1.67. The van der Waals surface area contributed by atoms with Crippen LogP contribution in [0.1, 0.15) is 4.88 Å². The van der Waals surface area contributed by atoms with Crippen molar-refractivity contribution in [3.05, 3.63) is 22.4 Å². The van der Waals surface area contributed by atoms with Crippen LogP contribution in [0.25, 0.3) is 0 Å². The van der Waals surface area contributed by atoms with E-state index in [1.807, 2.05) is 11.4 Å². The van der Waals surface area contributed by atoms with Crippen LogP contribution in [0.2, 0.25) is 0 Å². The van der Waals surface area contributed by atoms with E-state index in [0.29, 0.717) is 19.8 Å². The number of aliphatic carboxylic acids is 1. The van der Waals surface area contributed by atoms with Crippen LogP contribution in [0, 0.1) is 0 Å². The summed E-state index contributed by atoms with van der Waals surface area (Å²) >= 11 is 1.71. The van der Waals surface area contributed by atoms with Crippen LogP contribution in [0.3, 0.4) is 0 Å². The standard InChI is InChI=1S/C10H14O4S/c11-10(12)8-14-6-5-13-4-3-9-2-1-7-15-9/h1-2,7H,3-6,8H2,(H,11,12). The third kappa shape index (κ3) is 6.22. The minimum absolute atomic E-state index is 0.256. The molecule has 1 aromatic rings. The fourth-order valence-electron chi connectivity index (χ4n) is 1.01. The quantitative estimate of drug-likeness (QED) is 0.686. The summed E-state index contributed by atoms with van der Waals surface area (Å²) in [4.78, 5) is 11.4. The van der Waals surface area contributed by atoms with Crippen LogP contribution in [0.4, 0.5) is 0 Å². The molecule has 5 heteroatoms. The van der Waals surface area contributed by atoms with Gasteiger partial charge in [-0.2, -0.15) is 0 Å². The summed E-state index contributed by atoms with van der Waals surface area (Å²) in [5.41, 5.74) is 0. The number of ether oxygens (including phenoxy) is 2. The Balaban J connectivity index is 1.87. The van der Waals surface area contributed by atoms with Gasteiger partial charge in [0.15, 0.2) is 0 Å². The Kier molecular flexibility index (Phi) is 5.99. The second kappa shape index (κ2) is 7.39. The molecule has 1 rings (SSSR count). The van der Waals surface area contributed by atoms with Gasteiger partial charge in [0.25, 0.3) is 0 Å². The maximum absolute atomic E-state index is 10.1. The monoisotopic (exact) mass is 230 g/mol. The molecule has 1 heterocycles. The molecular weight excluding hydrogens is 216 g/mol. The number of carboxylic acid groups (broad SMARTS) is 1. The van der Waals surface area contributed by atoms with Crippen LogP contribution >= 0.6 is 11.3 Å². The summed E-state index contributed by atoms with van der Waals surface area (Å²) in [6.45, 7) is 1.17. The number of carbonyl (C=O) groups is 1. The summed E-state index contributed by atoms with van der Waals surface area (Å²) in [5.74, 6) is -0.950. The molecule has 1 aromatic heterocycles. The molecule has 0 atom stereocenters. The summed E-state index contributed by atoms with van der Waals surface area (Å²) in [6.07, 6.45) is 0.899. The van der Waals surface area contributed by atoms with E-state index in [1.54, 1.807) is 11.3 Å². The molecule has 0 aromatic carbocycles. The van der Waals surface area contributed by atoms with Crippen molar-refractivity contribution in [1.82, 2.24) is 0 Å². The molecule has 1 N–H and O–H groups in total. The molecule has 4 nitrogen and oxygen atoms in total. The molecule has 0 unspecified atom stereocenters. The molecule has 0 bridgehead atoms. The molecule has 0 radical (unpaired) electrons. The molecule has 0 saturated carbocycles. The fraction of sp³-hybridized carbons (Fsp3) is 0.500. The minimum atomic E-state index is -0.950. The highest BCUT2D eigenvalue weighted by atomic mass is 32.1. The lowest BCUT2D eigenvalue weighted by molar-refractivity contribution is -0.142.